The van der Waals surface area contributed by atoms with E-state index in [2.05, 4.69) is 20.7 Å². The lowest BCUT2D eigenvalue weighted by molar-refractivity contribution is 0.102. The van der Waals surface area contributed by atoms with Crippen LogP contribution in [0.2, 0.25) is 0 Å². The Morgan fingerprint density at radius 2 is 2.33 bits per heavy atom. The number of amides is 1. The second kappa shape index (κ2) is 6.05. The van der Waals surface area contributed by atoms with Gasteiger partial charge in [0.1, 0.15) is 5.82 Å². The summed E-state index contributed by atoms with van der Waals surface area (Å²) in [6.07, 6.45) is 5.83. The van der Waals surface area contributed by atoms with Gasteiger partial charge in [0.25, 0.3) is 5.91 Å². The molecule has 2 N–H and O–H groups in total. The summed E-state index contributed by atoms with van der Waals surface area (Å²) in [6, 6.07) is 5.78. The van der Waals surface area contributed by atoms with Gasteiger partial charge in [-0.1, -0.05) is 6.07 Å². The van der Waals surface area contributed by atoms with Crippen molar-refractivity contribution in [2.45, 2.75) is 25.8 Å². The molecule has 0 aliphatic carbocycles. The molecule has 3 rings (SSSR count). The van der Waals surface area contributed by atoms with E-state index in [0.717, 1.165) is 31.5 Å². The van der Waals surface area contributed by atoms with Crippen LogP contribution in [0.4, 0.5) is 5.82 Å². The third kappa shape index (κ3) is 3.28. The van der Waals surface area contributed by atoms with E-state index in [4.69, 9.17) is 0 Å². The Labute approximate surface area is 123 Å². The molecule has 0 aromatic carbocycles. The molecule has 1 fully saturated rings. The van der Waals surface area contributed by atoms with E-state index in [0.29, 0.717) is 17.6 Å². The first kappa shape index (κ1) is 13.8. The zero-order valence-electron chi connectivity index (χ0n) is 12.0. The van der Waals surface area contributed by atoms with Crippen LogP contribution in [0.3, 0.4) is 0 Å². The maximum atomic E-state index is 12.2. The van der Waals surface area contributed by atoms with Gasteiger partial charge in [-0.2, -0.15) is 5.10 Å². The van der Waals surface area contributed by atoms with Crippen LogP contribution in [-0.4, -0.2) is 33.8 Å². The van der Waals surface area contributed by atoms with Crippen molar-refractivity contribution in [1.82, 2.24) is 20.1 Å². The van der Waals surface area contributed by atoms with Crippen LogP contribution in [0.5, 0.6) is 0 Å². The third-order valence-electron chi connectivity index (χ3n) is 3.64. The first-order valence-corrected chi connectivity index (χ1v) is 7.22. The molecular weight excluding hydrogens is 266 g/mol. The van der Waals surface area contributed by atoms with Crippen molar-refractivity contribution in [2.24, 2.45) is 0 Å². The van der Waals surface area contributed by atoms with E-state index in [1.807, 2.05) is 23.9 Å². The van der Waals surface area contributed by atoms with Gasteiger partial charge in [-0.15, -0.1) is 0 Å². The highest BCUT2D eigenvalue weighted by Gasteiger charge is 2.17. The Morgan fingerprint density at radius 3 is 3.05 bits per heavy atom. The second-order valence-corrected chi connectivity index (χ2v) is 5.36. The molecule has 6 heteroatoms. The number of anilines is 1. The fraction of sp³-hybridized carbons (Fsp3) is 0.400. The van der Waals surface area contributed by atoms with Crippen molar-refractivity contribution < 1.29 is 4.79 Å². The Bertz CT molecular complexity index is 613. The average molecular weight is 285 g/mol. The van der Waals surface area contributed by atoms with Crippen molar-refractivity contribution in [2.75, 3.05) is 18.4 Å². The van der Waals surface area contributed by atoms with Gasteiger partial charge >= 0.3 is 0 Å². The van der Waals surface area contributed by atoms with E-state index in [9.17, 15) is 4.79 Å². The van der Waals surface area contributed by atoms with Gasteiger partial charge in [0.15, 0.2) is 5.69 Å². The van der Waals surface area contributed by atoms with Crippen LogP contribution in [-0.2, 0) is 0 Å². The number of piperidine rings is 1. The molecule has 1 atom stereocenters. The number of carbonyl (C=O) groups excluding carboxylic acids is 1. The molecule has 0 saturated carbocycles. The zero-order valence-corrected chi connectivity index (χ0v) is 12.0. The van der Waals surface area contributed by atoms with E-state index in [1.54, 1.807) is 18.3 Å². The van der Waals surface area contributed by atoms with E-state index >= 15 is 0 Å². The average Bonchev–Trinajstić information content (AvgIpc) is 3.00. The second-order valence-electron chi connectivity index (χ2n) is 5.36. The molecule has 1 aliphatic heterocycles. The summed E-state index contributed by atoms with van der Waals surface area (Å²) in [7, 11) is 0. The molecule has 2 aromatic rings. The van der Waals surface area contributed by atoms with E-state index < -0.39 is 0 Å². The van der Waals surface area contributed by atoms with Crippen molar-refractivity contribution in [3.05, 3.63) is 41.9 Å². The highest BCUT2D eigenvalue weighted by molar-refractivity contribution is 6.02. The van der Waals surface area contributed by atoms with Crippen LogP contribution in [0.15, 0.2) is 30.6 Å². The van der Waals surface area contributed by atoms with Gasteiger partial charge in [-0.25, -0.2) is 4.98 Å². The summed E-state index contributed by atoms with van der Waals surface area (Å²) in [5.41, 5.74) is 1.48. The predicted molar refractivity (Wildman–Crippen MR) is 80.3 cm³/mol. The number of pyridine rings is 1. The van der Waals surface area contributed by atoms with Crippen LogP contribution >= 0.6 is 0 Å². The number of nitrogens with one attached hydrogen (secondary N) is 2. The summed E-state index contributed by atoms with van der Waals surface area (Å²) in [6.45, 7) is 3.92. The van der Waals surface area contributed by atoms with Crippen molar-refractivity contribution in [3.63, 3.8) is 0 Å². The Kier molecular flexibility index (Phi) is 3.96. The van der Waals surface area contributed by atoms with Crippen molar-refractivity contribution >= 4 is 11.7 Å². The monoisotopic (exact) mass is 285 g/mol. The van der Waals surface area contributed by atoms with Gasteiger partial charge in [0.2, 0.25) is 0 Å². The molecule has 6 nitrogen and oxygen atoms in total. The lowest BCUT2D eigenvalue weighted by Gasteiger charge is -2.22. The van der Waals surface area contributed by atoms with Crippen molar-refractivity contribution in [1.29, 1.82) is 0 Å². The molecule has 110 valence electrons. The fourth-order valence-corrected chi connectivity index (χ4v) is 2.44. The lowest BCUT2D eigenvalue weighted by atomic mass is 10.1. The SMILES string of the molecule is Cc1ccc(NC(=O)c2ccn(C3CCCNC3)n2)nc1. The smallest absolute Gasteiger partial charge is 0.277 e. The topological polar surface area (TPSA) is 71.8 Å². The van der Waals surface area contributed by atoms with Crippen LogP contribution in [0.1, 0.15) is 34.9 Å². The highest BCUT2D eigenvalue weighted by Crippen LogP contribution is 2.16. The van der Waals surface area contributed by atoms with Gasteiger partial charge in [-0.3, -0.25) is 9.48 Å². The number of aryl methyl sites for hydroxylation is 1. The Morgan fingerprint density at radius 1 is 1.43 bits per heavy atom. The van der Waals surface area contributed by atoms with E-state index in [-0.39, 0.29) is 5.91 Å². The van der Waals surface area contributed by atoms with Crippen LogP contribution in [0, 0.1) is 6.92 Å². The summed E-state index contributed by atoms with van der Waals surface area (Å²) in [4.78, 5) is 16.3. The van der Waals surface area contributed by atoms with E-state index in [1.165, 1.54) is 0 Å². The molecule has 1 amide bonds. The number of aromatic nitrogens is 3. The molecule has 0 bridgehead atoms. The zero-order chi connectivity index (χ0) is 14.7. The largest absolute Gasteiger partial charge is 0.315 e. The summed E-state index contributed by atoms with van der Waals surface area (Å²) >= 11 is 0. The number of carbonyl (C=O) groups is 1. The summed E-state index contributed by atoms with van der Waals surface area (Å²) in [5.74, 6) is 0.313. The molecule has 1 unspecified atom stereocenters. The number of hydrogen-bond acceptors (Lipinski definition) is 4. The molecular formula is C15H19N5O. The minimum Gasteiger partial charge on any atom is -0.315 e. The van der Waals surface area contributed by atoms with Gasteiger partial charge in [0.05, 0.1) is 6.04 Å². The highest BCUT2D eigenvalue weighted by atomic mass is 16.2. The molecule has 2 aromatic heterocycles. The number of nitrogens with zero attached hydrogens (tertiary/aromatic N) is 3. The quantitative estimate of drug-likeness (QED) is 0.901. The molecule has 21 heavy (non-hydrogen) atoms. The third-order valence-corrected chi connectivity index (χ3v) is 3.64. The molecule has 1 saturated heterocycles. The first-order chi connectivity index (χ1) is 10.2. The van der Waals surface area contributed by atoms with Crippen molar-refractivity contribution in [3.8, 4) is 0 Å². The molecule has 1 aliphatic rings. The minimum atomic E-state index is -0.228. The summed E-state index contributed by atoms with van der Waals surface area (Å²) in [5, 5.41) is 10.5. The standard InChI is InChI=1S/C15H19N5O/c1-11-4-5-14(17-9-11)18-15(21)13-6-8-20(19-13)12-3-2-7-16-10-12/h4-6,8-9,12,16H,2-3,7,10H2,1H3,(H,17,18,21). The number of rotatable bonds is 3. The van der Waals surface area contributed by atoms with Gasteiger partial charge in [0, 0.05) is 18.9 Å². The van der Waals surface area contributed by atoms with Crippen LogP contribution in [0.25, 0.3) is 0 Å². The molecule has 0 radical (unpaired) electrons. The van der Waals surface area contributed by atoms with Gasteiger partial charge < -0.3 is 10.6 Å². The van der Waals surface area contributed by atoms with Gasteiger partial charge in [-0.05, 0) is 44.0 Å². The fourth-order valence-electron chi connectivity index (χ4n) is 2.44. The minimum absolute atomic E-state index is 0.228. The lowest BCUT2D eigenvalue weighted by Crippen LogP contribution is -2.32. The Hall–Kier alpha value is -2.21. The summed E-state index contributed by atoms with van der Waals surface area (Å²) < 4.78 is 1.88. The molecule has 3 heterocycles. The normalized spacial score (nSPS) is 18.4. The van der Waals surface area contributed by atoms with Crippen LogP contribution < -0.4 is 10.6 Å². The maximum absolute atomic E-state index is 12.2. The maximum Gasteiger partial charge on any atom is 0.277 e. The Balaban J connectivity index is 1.67. The predicted octanol–water partition coefficient (Wildman–Crippen LogP) is 1.76. The molecule has 0 spiro atoms. The number of hydrogen-bond donors (Lipinski definition) is 2. The first-order valence-electron chi connectivity index (χ1n) is 7.22.